The lowest BCUT2D eigenvalue weighted by atomic mass is 9.70. The van der Waals surface area contributed by atoms with E-state index in [1.54, 1.807) is 0 Å². The number of hydrogen-bond donors (Lipinski definition) is 0. The van der Waals surface area contributed by atoms with Crippen molar-refractivity contribution in [2.45, 2.75) is 25.9 Å². The minimum atomic E-state index is -0.420. The molecule has 0 saturated carbocycles. The second kappa shape index (κ2) is 9.03. The minimum Gasteiger partial charge on any atom is -0.330 e. The number of hydrogen-bond acceptors (Lipinski definition) is 2. The Balaban J connectivity index is 1.47. The quantitative estimate of drug-likeness (QED) is 0.280. The third-order valence-electron chi connectivity index (χ3n) is 7.23. The minimum absolute atomic E-state index is 0.420. The lowest BCUT2D eigenvalue weighted by Crippen LogP contribution is -2.59. The van der Waals surface area contributed by atoms with Gasteiger partial charge in [-0.1, -0.05) is 121 Å². The first kappa shape index (κ1) is 22.1. The lowest BCUT2D eigenvalue weighted by molar-refractivity contribution is 0.535. The maximum atomic E-state index is 6.37. The van der Waals surface area contributed by atoms with Gasteiger partial charge >= 0.3 is 0 Å². The van der Waals surface area contributed by atoms with E-state index in [0.717, 1.165) is 35.9 Å². The summed E-state index contributed by atoms with van der Waals surface area (Å²) in [4.78, 5) is 6.50. The predicted octanol–water partition coefficient (Wildman–Crippen LogP) is 7.15. The van der Waals surface area contributed by atoms with Crippen LogP contribution in [-0.2, 0) is 25.9 Å². The predicted molar refractivity (Wildman–Crippen MR) is 153 cm³/mol. The molecule has 35 heavy (non-hydrogen) atoms. The Morgan fingerprint density at radius 1 is 0.514 bits per heavy atom. The molecule has 2 aliphatic heterocycles. The maximum Gasteiger partial charge on any atom is 0.0965 e. The van der Waals surface area contributed by atoms with Crippen molar-refractivity contribution in [2.24, 2.45) is 5.41 Å². The standard InChI is InChI=1S/C31H26N2S2/c34-29-31(19-25-15-7-9-17-27(25)32(29)21-23-11-3-1-4-12-23)20-26-16-8-10-18-28(26)33(30(31)35)22-24-13-5-2-6-14-24/h1-18H,19-22H2. The van der Waals surface area contributed by atoms with Crippen LogP contribution in [0.25, 0.3) is 0 Å². The number of nitrogens with zero attached hydrogens (tertiary/aromatic N) is 2. The van der Waals surface area contributed by atoms with E-state index in [0.29, 0.717) is 0 Å². The molecule has 0 saturated heterocycles. The number of anilines is 2. The van der Waals surface area contributed by atoms with Crippen molar-refractivity contribution in [3.63, 3.8) is 0 Å². The molecule has 0 N–H and O–H groups in total. The van der Waals surface area contributed by atoms with Gasteiger partial charge in [-0.05, 0) is 47.2 Å². The van der Waals surface area contributed by atoms with E-state index in [1.807, 2.05) is 0 Å². The topological polar surface area (TPSA) is 6.48 Å². The molecular formula is C31H26N2S2. The second-order valence-corrected chi connectivity index (χ2v) is 10.2. The highest BCUT2D eigenvalue weighted by Gasteiger charge is 2.50. The van der Waals surface area contributed by atoms with Crippen LogP contribution in [0.15, 0.2) is 109 Å². The van der Waals surface area contributed by atoms with Gasteiger partial charge in [0.1, 0.15) is 0 Å². The summed E-state index contributed by atoms with van der Waals surface area (Å²) in [5, 5.41) is 0. The average Bonchev–Trinajstić information content (AvgIpc) is 2.90. The number of thiocarbonyl (C=S) groups is 2. The summed E-state index contributed by atoms with van der Waals surface area (Å²) in [6, 6.07) is 38.5. The van der Waals surface area contributed by atoms with Gasteiger partial charge in [0.25, 0.3) is 0 Å². The van der Waals surface area contributed by atoms with Crippen LogP contribution >= 0.6 is 24.4 Å². The zero-order valence-electron chi connectivity index (χ0n) is 19.4. The van der Waals surface area contributed by atoms with Crippen LogP contribution in [0.4, 0.5) is 11.4 Å². The smallest absolute Gasteiger partial charge is 0.0965 e. The Morgan fingerprint density at radius 2 is 0.886 bits per heavy atom. The van der Waals surface area contributed by atoms with Gasteiger partial charge in [0.05, 0.1) is 15.4 Å². The molecule has 0 fully saturated rings. The molecule has 0 unspecified atom stereocenters. The highest BCUT2D eigenvalue weighted by molar-refractivity contribution is 7.82. The van der Waals surface area contributed by atoms with Gasteiger partial charge in [0.15, 0.2) is 0 Å². The monoisotopic (exact) mass is 490 g/mol. The van der Waals surface area contributed by atoms with E-state index < -0.39 is 5.41 Å². The Hall–Kier alpha value is -3.34. The summed E-state index contributed by atoms with van der Waals surface area (Å²) in [7, 11) is 0. The summed E-state index contributed by atoms with van der Waals surface area (Å²) >= 11 is 12.7. The number of benzene rings is 4. The zero-order valence-corrected chi connectivity index (χ0v) is 21.1. The largest absolute Gasteiger partial charge is 0.330 e. The Kier molecular flexibility index (Phi) is 5.71. The van der Waals surface area contributed by atoms with Crippen LogP contribution in [0.2, 0.25) is 0 Å². The van der Waals surface area contributed by atoms with Crippen LogP contribution in [0.3, 0.4) is 0 Å². The van der Waals surface area contributed by atoms with E-state index in [4.69, 9.17) is 24.4 Å². The van der Waals surface area contributed by atoms with E-state index in [9.17, 15) is 0 Å². The third kappa shape index (κ3) is 3.87. The number of rotatable bonds is 4. The zero-order chi connectivity index (χ0) is 23.8. The summed E-state index contributed by atoms with van der Waals surface area (Å²) in [5.74, 6) is 0. The van der Waals surface area contributed by atoms with Crippen molar-refractivity contribution < 1.29 is 0 Å². The van der Waals surface area contributed by atoms with E-state index in [1.165, 1.54) is 33.6 Å². The number of para-hydroxylation sites is 2. The van der Waals surface area contributed by atoms with Crippen LogP contribution < -0.4 is 9.80 Å². The molecule has 6 rings (SSSR count). The first-order valence-corrected chi connectivity index (χ1v) is 12.8. The molecule has 2 nitrogen and oxygen atoms in total. The first-order valence-electron chi connectivity index (χ1n) is 12.0. The molecule has 1 spiro atoms. The molecule has 0 bridgehead atoms. The van der Waals surface area contributed by atoms with Gasteiger partial charge in [-0.2, -0.15) is 0 Å². The van der Waals surface area contributed by atoms with Crippen molar-refractivity contribution in [1.82, 2.24) is 0 Å². The molecule has 0 aliphatic carbocycles. The molecule has 2 aliphatic rings. The Bertz CT molecular complexity index is 1290. The molecule has 4 aromatic carbocycles. The van der Waals surface area contributed by atoms with Crippen LogP contribution in [-0.4, -0.2) is 9.98 Å². The van der Waals surface area contributed by atoms with Gasteiger partial charge < -0.3 is 9.80 Å². The SMILES string of the molecule is S=C1N(Cc2ccccc2)c2ccccc2CC12Cc1ccccc1N(Cc1ccccc1)C2=S. The molecule has 4 heteroatoms. The average molecular weight is 491 g/mol. The highest BCUT2D eigenvalue weighted by atomic mass is 32.1. The molecule has 4 aromatic rings. The van der Waals surface area contributed by atoms with Crippen molar-refractivity contribution in [1.29, 1.82) is 0 Å². The molecule has 2 heterocycles. The first-order chi connectivity index (χ1) is 17.2. The van der Waals surface area contributed by atoms with E-state index in [2.05, 4.69) is 119 Å². The Morgan fingerprint density at radius 3 is 1.31 bits per heavy atom. The van der Waals surface area contributed by atoms with E-state index in [-0.39, 0.29) is 0 Å². The summed E-state index contributed by atoms with van der Waals surface area (Å²) in [6.07, 6.45) is 1.65. The molecule has 0 atom stereocenters. The highest BCUT2D eigenvalue weighted by Crippen LogP contribution is 2.48. The molecule has 0 amide bonds. The number of fused-ring (bicyclic) bond motifs is 2. The van der Waals surface area contributed by atoms with Crippen molar-refractivity contribution >= 4 is 45.8 Å². The lowest BCUT2D eigenvalue weighted by Gasteiger charge is -2.51. The summed E-state index contributed by atoms with van der Waals surface area (Å²) < 4.78 is 0. The van der Waals surface area contributed by atoms with Gasteiger partial charge in [-0.15, -0.1) is 0 Å². The van der Waals surface area contributed by atoms with Crippen LogP contribution in [0.5, 0.6) is 0 Å². The molecule has 0 radical (unpaired) electrons. The summed E-state index contributed by atoms with van der Waals surface area (Å²) in [6.45, 7) is 1.47. The van der Waals surface area contributed by atoms with Crippen molar-refractivity contribution in [3.8, 4) is 0 Å². The third-order valence-corrected chi connectivity index (χ3v) is 8.45. The maximum absolute atomic E-state index is 6.37. The second-order valence-electron chi connectivity index (χ2n) is 9.45. The fraction of sp³-hybridized carbons (Fsp3) is 0.161. The van der Waals surface area contributed by atoms with Crippen molar-refractivity contribution in [3.05, 3.63) is 131 Å². The molecule has 172 valence electrons. The normalized spacial score (nSPS) is 16.2. The fourth-order valence-corrected chi connectivity index (χ4v) is 6.41. The van der Waals surface area contributed by atoms with Crippen LogP contribution in [0, 0.1) is 5.41 Å². The van der Waals surface area contributed by atoms with Gasteiger partial charge in [-0.3, -0.25) is 0 Å². The van der Waals surface area contributed by atoms with Gasteiger partial charge in [-0.25, -0.2) is 0 Å². The summed E-state index contributed by atoms with van der Waals surface area (Å²) in [5.41, 5.74) is 7.06. The molecular weight excluding hydrogens is 464 g/mol. The fourth-order valence-electron chi connectivity index (χ4n) is 5.54. The van der Waals surface area contributed by atoms with E-state index >= 15 is 0 Å². The Labute approximate surface area is 217 Å². The van der Waals surface area contributed by atoms with Crippen LogP contribution in [0.1, 0.15) is 22.3 Å². The molecule has 0 aromatic heterocycles. The van der Waals surface area contributed by atoms with Gasteiger partial charge in [0.2, 0.25) is 0 Å². The van der Waals surface area contributed by atoms with Gasteiger partial charge in [0, 0.05) is 24.5 Å². The van der Waals surface area contributed by atoms with Crippen molar-refractivity contribution in [2.75, 3.05) is 9.80 Å².